The van der Waals surface area contributed by atoms with Crippen LogP contribution in [0.5, 0.6) is 0 Å². The molecular formula is C27H42. The van der Waals surface area contributed by atoms with Crippen LogP contribution in [0.25, 0.3) is 0 Å². The Morgan fingerprint density at radius 2 is 1.70 bits per heavy atom. The van der Waals surface area contributed by atoms with Gasteiger partial charge in [0.05, 0.1) is 0 Å². The van der Waals surface area contributed by atoms with Gasteiger partial charge < -0.3 is 0 Å². The molecule has 0 heterocycles. The minimum Gasteiger partial charge on any atom is -0.0625 e. The Kier molecular flexibility index (Phi) is 5.47. The quantitative estimate of drug-likeness (QED) is 0.500. The third-order valence-corrected chi connectivity index (χ3v) is 9.29. The largest absolute Gasteiger partial charge is 0.0625 e. The van der Waals surface area contributed by atoms with E-state index in [2.05, 4.69) is 46.8 Å². The van der Waals surface area contributed by atoms with Gasteiger partial charge >= 0.3 is 0 Å². The van der Waals surface area contributed by atoms with Crippen molar-refractivity contribution in [1.29, 1.82) is 0 Å². The Morgan fingerprint density at radius 1 is 0.926 bits per heavy atom. The lowest BCUT2D eigenvalue weighted by Gasteiger charge is -2.45. The maximum atomic E-state index is 2.67. The second-order valence-corrected chi connectivity index (χ2v) is 11.0. The maximum absolute atomic E-state index is 2.67. The molecule has 27 heavy (non-hydrogen) atoms. The summed E-state index contributed by atoms with van der Waals surface area (Å²) in [6.07, 6.45) is 14.1. The molecule has 0 aliphatic heterocycles. The summed E-state index contributed by atoms with van der Waals surface area (Å²) in [5.41, 5.74) is 7.60. The monoisotopic (exact) mass is 366 g/mol. The van der Waals surface area contributed by atoms with E-state index in [-0.39, 0.29) is 0 Å². The first-order valence-electron chi connectivity index (χ1n) is 12.0. The molecule has 1 saturated carbocycles. The molecule has 0 N–H and O–H groups in total. The number of rotatable bonds is 5. The number of benzene rings is 1. The highest BCUT2D eigenvalue weighted by Crippen LogP contribution is 2.61. The molecule has 4 rings (SSSR count). The molecule has 3 aliphatic carbocycles. The summed E-state index contributed by atoms with van der Waals surface area (Å²) in [5.74, 6) is 4.36. The summed E-state index contributed by atoms with van der Waals surface area (Å²) in [4.78, 5) is 0. The van der Waals surface area contributed by atoms with Crippen LogP contribution in [0, 0.1) is 29.1 Å². The highest BCUT2D eigenvalue weighted by Gasteiger charge is 2.51. The highest BCUT2D eigenvalue weighted by atomic mass is 14.5. The van der Waals surface area contributed by atoms with Crippen molar-refractivity contribution in [1.82, 2.24) is 0 Å². The molecule has 0 unspecified atom stereocenters. The Labute approximate surface area is 168 Å². The van der Waals surface area contributed by atoms with Gasteiger partial charge in [-0.1, -0.05) is 59.6 Å². The molecule has 0 heteroatoms. The van der Waals surface area contributed by atoms with E-state index in [4.69, 9.17) is 0 Å². The van der Waals surface area contributed by atoms with Gasteiger partial charge in [0.1, 0.15) is 0 Å². The standard InChI is InChI=1S/C27H42/c1-18(2)19(3)10-11-20(4)25-14-15-26-24-13-12-21-8-6-7-9-22(21)23(24)16-17-27(25,26)5/h12-13,18-20,25-26H,6-11,14-17H2,1-5H3/t19-,20+,25+,26-,27+/m0/s1. The first kappa shape index (κ1) is 19.5. The van der Waals surface area contributed by atoms with Crippen molar-refractivity contribution in [2.24, 2.45) is 29.1 Å². The van der Waals surface area contributed by atoms with Crippen LogP contribution in [0.3, 0.4) is 0 Å². The highest BCUT2D eigenvalue weighted by molar-refractivity contribution is 5.47. The molecule has 0 bridgehead atoms. The lowest BCUT2D eigenvalue weighted by Crippen LogP contribution is -2.36. The second-order valence-electron chi connectivity index (χ2n) is 11.0. The lowest BCUT2D eigenvalue weighted by atomic mass is 9.59. The summed E-state index contributed by atoms with van der Waals surface area (Å²) in [6, 6.07) is 5.08. The first-order chi connectivity index (χ1) is 12.9. The topological polar surface area (TPSA) is 0 Å². The third-order valence-electron chi connectivity index (χ3n) is 9.29. The number of aryl methyl sites for hydroxylation is 1. The summed E-state index contributed by atoms with van der Waals surface area (Å²) in [5, 5.41) is 0. The van der Waals surface area contributed by atoms with E-state index in [0.717, 1.165) is 29.6 Å². The second kappa shape index (κ2) is 7.57. The molecule has 3 aliphatic rings. The zero-order valence-electron chi connectivity index (χ0n) is 18.6. The average Bonchev–Trinajstić information content (AvgIpc) is 3.02. The van der Waals surface area contributed by atoms with Crippen LogP contribution in [-0.2, 0) is 19.3 Å². The van der Waals surface area contributed by atoms with E-state index in [9.17, 15) is 0 Å². The molecule has 1 aromatic carbocycles. The van der Waals surface area contributed by atoms with Gasteiger partial charge in [-0.2, -0.15) is 0 Å². The van der Waals surface area contributed by atoms with Crippen LogP contribution in [0.2, 0.25) is 0 Å². The lowest BCUT2D eigenvalue weighted by molar-refractivity contribution is 0.115. The molecule has 0 aromatic heterocycles. The van der Waals surface area contributed by atoms with Gasteiger partial charge in [0.2, 0.25) is 0 Å². The minimum atomic E-state index is 0.552. The third kappa shape index (κ3) is 3.40. The zero-order valence-corrected chi connectivity index (χ0v) is 18.6. The van der Waals surface area contributed by atoms with Crippen molar-refractivity contribution in [3.8, 4) is 0 Å². The van der Waals surface area contributed by atoms with E-state index in [0.29, 0.717) is 5.41 Å². The van der Waals surface area contributed by atoms with E-state index in [1.165, 1.54) is 64.2 Å². The van der Waals surface area contributed by atoms with Crippen molar-refractivity contribution in [2.45, 2.75) is 105 Å². The van der Waals surface area contributed by atoms with Gasteiger partial charge in [0.25, 0.3) is 0 Å². The average molecular weight is 367 g/mol. The van der Waals surface area contributed by atoms with Gasteiger partial charge in [0.15, 0.2) is 0 Å². The Bertz CT molecular complexity index is 669. The molecule has 0 nitrogen and oxygen atoms in total. The molecule has 1 fully saturated rings. The molecule has 150 valence electrons. The zero-order chi connectivity index (χ0) is 19.2. The van der Waals surface area contributed by atoms with Crippen LogP contribution in [0.1, 0.15) is 108 Å². The van der Waals surface area contributed by atoms with Gasteiger partial charge in [-0.25, -0.2) is 0 Å². The first-order valence-corrected chi connectivity index (χ1v) is 12.0. The van der Waals surface area contributed by atoms with E-state index in [1.54, 1.807) is 22.3 Å². The smallest absolute Gasteiger partial charge is 0.0102 e. The Morgan fingerprint density at radius 3 is 2.48 bits per heavy atom. The van der Waals surface area contributed by atoms with Crippen LogP contribution in [0.4, 0.5) is 0 Å². The van der Waals surface area contributed by atoms with Crippen molar-refractivity contribution in [3.05, 3.63) is 34.4 Å². The Balaban J connectivity index is 1.54. The van der Waals surface area contributed by atoms with Gasteiger partial charge in [-0.15, -0.1) is 0 Å². The van der Waals surface area contributed by atoms with E-state index >= 15 is 0 Å². The molecule has 0 saturated heterocycles. The van der Waals surface area contributed by atoms with E-state index in [1.807, 2.05) is 0 Å². The number of fused-ring (bicyclic) bond motifs is 5. The maximum Gasteiger partial charge on any atom is -0.0102 e. The molecule has 5 atom stereocenters. The summed E-state index contributed by atoms with van der Waals surface area (Å²) in [7, 11) is 0. The fourth-order valence-corrected chi connectivity index (χ4v) is 7.07. The van der Waals surface area contributed by atoms with Crippen molar-refractivity contribution < 1.29 is 0 Å². The summed E-state index contributed by atoms with van der Waals surface area (Å²) < 4.78 is 0. The SMILES string of the molecule is CC(C)[C@@H](C)CC[C@@H](C)[C@H]1CC[C@H]2c3ccc4c(c3CC[C@]12C)CCCC4. The van der Waals surface area contributed by atoms with Crippen LogP contribution < -0.4 is 0 Å². The molecule has 1 aromatic rings. The fraction of sp³-hybridized carbons (Fsp3) is 0.778. The van der Waals surface area contributed by atoms with Crippen molar-refractivity contribution >= 4 is 0 Å². The van der Waals surface area contributed by atoms with Crippen LogP contribution in [-0.4, -0.2) is 0 Å². The van der Waals surface area contributed by atoms with Crippen LogP contribution >= 0.6 is 0 Å². The number of hydrogen-bond acceptors (Lipinski definition) is 0. The Hall–Kier alpha value is -0.780. The van der Waals surface area contributed by atoms with Gasteiger partial charge in [-0.05, 0) is 109 Å². The predicted molar refractivity (Wildman–Crippen MR) is 117 cm³/mol. The molecule has 0 amide bonds. The minimum absolute atomic E-state index is 0.552. The van der Waals surface area contributed by atoms with E-state index < -0.39 is 0 Å². The summed E-state index contributed by atoms with van der Waals surface area (Å²) in [6.45, 7) is 12.5. The van der Waals surface area contributed by atoms with Crippen molar-refractivity contribution in [2.75, 3.05) is 0 Å². The fourth-order valence-electron chi connectivity index (χ4n) is 7.07. The van der Waals surface area contributed by atoms with Gasteiger partial charge in [-0.3, -0.25) is 0 Å². The normalized spacial score (nSPS) is 31.9. The summed E-state index contributed by atoms with van der Waals surface area (Å²) >= 11 is 0. The molecule has 0 radical (unpaired) electrons. The molecular weight excluding hydrogens is 324 g/mol. The molecule has 0 spiro atoms. The predicted octanol–water partition coefficient (Wildman–Crippen LogP) is 7.72. The van der Waals surface area contributed by atoms with Crippen LogP contribution in [0.15, 0.2) is 12.1 Å². The van der Waals surface area contributed by atoms with Crippen molar-refractivity contribution in [3.63, 3.8) is 0 Å². The number of hydrogen-bond donors (Lipinski definition) is 0. The van der Waals surface area contributed by atoms with Gasteiger partial charge in [0, 0.05) is 0 Å².